The number of carbonyl (C=O) groups excluding carboxylic acids is 1. The topological polar surface area (TPSA) is 81.7 Å². The van der Waals surface area contributed by atoms with Crippen LogP contribution < -0.4 is 4.72 Å². The number of benzene rings is 2. The molecule has 1 atom stereocenters. The molecule has 0 radical (unpaired) electrons. The number of ether oxygens (including phenoxy) is 2. The van der Waals surface area contributed by atoms with Crippen LogP contribution in [0.15, 0.2) is 47.4 Å². The standard InChI is InChI=1S/C19H19ClFNO5S/c20-16-8-7-13(19(23)27-12-14-4-1-2-6-17(14)21)10-18(16)28(24,25)22-11-15-5-3-9-26-15/h1-2,4,6-8,10,15,22H,3,5,9,11-12H2. The fourth-order valence-corrected chi connectivity index (χ4v) is 4.35. The second kappa shape index (κ2) is 9.00. The van der Waals surface area contributed by atoms with Crippen molar-refractivity contribution in [3.8, 4) is 0 Å². The Morgan fingerprint density at radius 2 is 2.07 bits per heavy atom. The van der Waals surface area contributed by atoms with Gasteiger partial charge in [-0.2, -0.15) is 0 Å². The smallest absolute Gasteiger partial charge is 0.338 e. The van der Waals surface area contributed by atoms with Crippen molar-refractivity contribution in [2.75, 3.05) is 13.2 Å². The van der Waals surface area contributed by atoms with Crippen LogP contribution in [0.5, 0.6) is 0 Å². The Hall–Kier alpha value is -2.00. The molecule has 0 aliphatic carbocycles. The first kappa shape index (κ1) is 20.7. The predicted molar refractivity (Wildman–Crippen MR) is 101 cm³/mol. The summed E-state index contributed by atoms with van der Waals surface area (Å²) in [6.45, 7) is 0.463. The van der Waals surface area contributed by atoms with Gasteiger partial charge in [0.1, 0.15) is 17.3 Å². The van der Waals surface area contributed by atoms with E-state index in [4.69, 9.17) is 21.1 Å². The highest BCUT2D eigenvalue weighted by Gasteiger charge is 2.23. The van der Waals surface area contributed by atoms with Gasteiger partial charge in [-0.05, 0) is 37.1 Å². The van der Waals surface area contributed by atoms with E-state index in [1.54, 1.807) is 6.07 Å². The van der Waals surface area contributed by atoms with Gasteiger partial charge < -0.3 is 9.47 Å². The molecule has 2 aromatic carbocycles. The highest BCUT2D eigenvalue weighted by Crippen LogP contribution is 2.24. The molecule has 28 heavy (non-hydrogen) atoms. The van der Waals surface area contributed by atoms with Crippen molar-refractivity contribution in [1.29, 1.82) is 0 Å². The summed E-state index contributed by atoms with van der Waals surface area (Å²) in [5.74, 6) is -1.27. The second-order valence-corrected chi connectivity index (χ2v) is 8.44. The number of sulfonamides is 1. The zero-order valence-corrected chi connectivity index (χ0v) is 16.4. The fraction of sp³-hybridized carbons (Fsp3) is 0.316. The van der Waals surface area contributed by atoms with Crippen LogP contribution in [0.2, 0.25) is 5.02 Å². The molecule has 6 nitrogen and oxygen atoms in total. The molecular formula is C19H19ClFNO5S. The van der Waals surface area contributed by atoms with E-state index in [0.717, 1.165) is 18.9 Å². The molecule has 2 aromatic rings. The molecule has 0 aromatic heterocycles. The van der Waals surface area contributed by atoms with Crippen LogP contribution in [-0.4, -0.2) is 33.6 Å². The lowest BCUT2D eigenvalue weighted by atomic mass is 10.2. The average Bonchev–Trinajstić information content (AvgIpc) is 3.19. The summed E-state index contributed by atoms with van der Waals surface area (Å²) in [5.41, 5.74) is 0.217. The monoisotopic (exact) mass is 427 g/mol. The lowest BCUT2D eigenvalue weighted by molar-refractivity contribution is 0.0468. The molecular weight excluding hydrogens is 409 g/mol. The molecule has 0 bridgehead atoms. The molecule has 9 heteroatoms. The van der Waals surface area contributed by atoms with Crippen molar-refractivity contribution in [2.45, 2.75) is 30.4 Å². The zero-order chi connectivity index (χ0) is 20.1. The Kier molecular flexibility index (Phi) is 6.66. The third-order valence-corrected chi connectivity index (χ3v) is 6.20. The molecule has 1 N–H and O–H groups in total. The molecule has 3 rings (SSSR count). The Labute approximate surface area is 167 Å². The Bertz CT molecular complexity index is 961. The summed E-state index contributed by atoms with van der Waals surface area (Å²) in [5, 5.41) is -0.0227. The number of rotatable bonds is 7. The molecule has 0 spiro atoms. The van der Waals surface area contributed by atoms with Gasteiger partial charge in [0, 0.05) is 18.7 Å². The minimum Gasteiger partial charge on any atom is -0.457 e. The van der Waals surface area contributed by atoms with E-state index in [2.05, 4.69) is 4.72 Å². The summed E-state index contributed by atoms with van der Waals surface area (Å²) in [7, 11) is -3.94. The highest BCUT2D eigenvalue weighted by molar-refractivity contribution is 7.89. The average molecular weight is 428 g/mol. The van der Waals surface area contributed by atoms with Gasteiger partial charge in [-0.1, -0.05) is 29.8 Å². The van der Waals surface area contributed by atoms with Crippen LogP contribution >= 0.6 is 11.6 Å². The van der Waals surface area contributed by atoms with Crippen LogP contribution in [-0.2, 0) is 26.1 Å². The Balaban J connectivity index is 1.71. The SMILES string of the molecule is O=C(OCc1ccccc1F)c1ccc(Cl)c(S(=O)(=O)NCC2CCCO2)c1. The lowest BCUT2D eigenvalue weighted by Crippen LogP contribution is -2.32. The number of hydrogen-bond donors (Lipinski definition) is 1. The lowest BCUT2D eigenvalue weighted by Gasteiger charge is -2.13. The minimum absolute atomic E-state index is 0.00164. The van der Waals surface area contributed by atoms with Gasteiger partial charge in [-0.25, -0.2) is 22.3 Å². The van der Waals surface area contributed by atoms with Crippen molar-refractivity contribution in [2.24, 2.45) is 0 Å². The summed E-state index contributed by atoms with van der Waals surface area (Å²) >= 11 is 6.02. The van der Waals surface area contributed by atoms with Crippen molar-refractivity contribution >= 4 is 27.6 Å². The zero-order valence-electron chi connectivity index (χ0n) is 14.9. The largest absolute Gasteiger partial charge is 0.457 e. The second-order valence-electron chi connectivity index (χ2n) is 6.30. The molecule has 1 aliphatic heterocycles. The molecule has 150 valence electrons. The maximum absolute atomic E-state index is 13.6. The quantitative estimate of drug-likeness (QED) is 0.686. The van der Waals surface area contributed by atoms with Gasteiger partial charge in [0.2, 0.25) is 10.0 Å². The first-order chi connectivity index (χ1) is 13.4. The van der Waals surface area contributed by atoms with E-state index in [-0.39, 0.29) is 40.3 Å². The maximum atomic E-state index is 13.6. The van der Waals surface area contributed by atoms with Crippen molar-refractivity contribution in [3.05, 3.63) is 64.4 Å². The van der Waals surface area contributed by atoms with E-state index < -0.39 is 21.8 Å². The first-order valence-electron chi connectivity index (χ1n) is 8.68. The predicted octanol–water partition coefficient (Wildman–Crippen LogP) is 3.29. The van der Waals surface area contributed by atoms with Crippen molar-refractivity contribution in [1.82, 2.24) is 4.72 Å². The molecule has 1 heterocycles. The van der Waals surface area contributed by atoms with E-state index >= 15 is 0 Å². The number of hydrogen-bond acceptors (Lipinski definition) is 5. The third-order valence-electron chi connectivity index (χ3n) is 4.30. The van der Waals surface area contributed by atoms with E-state index in [0.29, 0.717) is 6.61 Å². The summed E-state index contributed by atoms with van der Waals surface area (Å²) in [6.07, 6.45) is 1.48. The summed E-state index contributed by atoms with van der Waals surface area (Å²) < 4.78 is 51.7. The summed E-state index contributed by atoms with van der Waals surface area (Å²) in [4.78, 5) is 12.0. The van der Waals surface area contributed by atoms with Gasteiger partial charge in [-0.15, -0.1) is 0 Å². The van der Waals surface area contributed by atoms with Gasteiger partial charge in [0.25, 0.3) is 0 Å². The molecule has 0 saturated carbocycles. The van der Waals surface area contributed by atoms with Crippen LogP contribution in [0.4, 0.5) is 4.39 Å². The van der Waals surface area contributed by atoms with Gasteiger partial charge >= 0.3 is 5.97 Å². The van der Waals surface area contributed by atoms with Crippen LogP contribution in [0.25, 0.3) is 0 Å². The number of carbonyl (C=O) groups is 1. The molecule has 1 aliphatic rings. The van der Waals surface area contributed by atoms with Gasteiger partial charge in [0.15, 0.2) is 0 Å². The first-order valence-corrected chi connectivity index (χ1v) is 10.5. The molecule has 1 unspecified atom stereocenters. The van der Waals surface area contributed by atoms with Gasteiger partial charge in [-0.3, -0.25) is 0 Å². The number of halogens is 2. The minimum atomic E-state index is -3.94. The van der Waals surface area contributed by atoms with Crippen LogP contribution in [0, 0.1) is 5.82 Å². The number of esters is 1. The van der Waals surface area contributed by atoms with Gasteiger partial charge in [0.05, 0.1) is 16.7 Å². The molecule has 1 fully saturated rings. The number of nitrogens with one attached hydrogen (secondary N) is 1. The molecule has 0 amide bonds. The fourth-order valence-electron chi connectivity index (χ4n) is 2.76. The Morgan fingerprint density at radius 1 is 1.29 bits per heavy atom. The summed E-state index contributed by atoms with van der Waals surface area (Å²) in [6, 6.07) is 9.71. The van der Waals surface area contributed by atoms with Crippen molar-refractivity contribution < 1.29 is 27.1 Å². The third kappa shape index (κ3) is 5.08. The van der Waals surface area contributed by atoms with E-state index in [1.807, 2.05) is 0 Å². The highest BCUT2D eigenvalue weighted by atomic mass is 35.5. The maximum Gasteiger partial charge on any atom is 0.338 e. The molecule has 1 saturated heterocycles. The van der Waals surface area contributed by atoms with E-state index in [9.17, 15) is 17.6 Å². The Morgan fingerprint density at radius 3 is 2.79 bits per heavy atom. The normalized spacial score (nSPS) is 16.9. The van der Waals surface area contributed by atoms with Crippen LogP contribution in [0.1, 0.15) is 28.8 Å². The van der Waals surface area contributed by atoms with Crippen molar-refractivity contribution in [3.63, 3.8) is 0 Å². The van der Waals surface area contributed by atoms with Crippen LogP contribution in [0.3, 0.4) is 0 Å². The van der Waals surface area contributed by atoms with E-state index in [1.165, 1.54) is 30.3 Å².